The molecule has 0 unspecified atom stereocenters. The third-order valence-corrected chi connectivity index (χ3v) is 6.57. The monoisotopic (exact) mass is 343 g/mol. The van der Waals surface area contributed by atoms with Crippen molar-refractivity contribution in [1.82, 2.24) is 4.31 Å². The molecule has 1 aliphatic rings. The van der Waals surface area contributed by atoms with Crippen LogP contribution in [0.4, 0.5) is 0 Å². The van der Waals surface area contributed by atoms with E-state index in [0.29, 0.717) is 18.0 Å². The average Bonchev–Trinajstić information content (AvgIpc) is 2.62. The van der Waals surface area contributed by atoms with Crippen LogP contribution in [0.5, 0.6) is 0 Å². The summed E-state index contributed by atoms with van der Waals surface area (Å²) >= 11 is 0. The van der Waals surface area contributed by atoms with Gasteiger partial charge in [0.15, 0.2) is 0 Å². The molecule has 2 aromatic carbocycles. The molecule has 0 N–H and O–H groups in total. The van der Waals surface area contributed by atoms with Crippen LogP contribution in [0.2, 0.25) is 0 Å². The number of sulfonamides is 1. The van der Waals surface area contributed by atoms with Crippen LogP contribution in [-0.2, 0) is 22.9 Å². The maximum Gasteiger partial charge on any atom is 0.243 e. The molecular weight excluding hydrogens is 318 g/mol. The van der Waals surface area contributed by atoms with Crippen LogP contribution in [-0.4, -0.2) is 25.8 Å². The van der Waals surface area contributed by atoms with E-state index in [2.05, 4.69) is 31.2 Å². The van der Waals surface area contributed by atoms with Crippen molar-refractivity contribution in [1.29, 1.82) is 0 Å². The molecular formula is C20H25NO2S. The Bertz CT molecular complexity index is 776. The predicted molar refractivity (Wildman–Crippen MR) is 97.6 cm³/mol. The topological polar surface area (TPSA) is 37.4 Å². The summed E-state index contributed by atoms with van der Waals surface area (Å²) in [4.78, 5) is 0.436. The number of rotatable bonds is 5. The molecule has 4 heteroatoms. The molecule has 3 rings (SSSR count). The zero-order valence-electron chi connectivity index (χ0n) is 14.2. The quantitative estimate of drug-likeness (QED) is 0.824. The van der Waals surface area contributed by atoms with Crippen LogP contribution in [0.25, 0.3) is 0 Å². The fourth-order valence-corrected chi connectivity index (χ4v) is 4.75. The summed E-state index contributed by atoms with van der Waals surface area (Å²) < 4.78 is 27.2. The van der Waals surface area contributed by atoms with E-state index in [-0.39, 0.29) is 0 Å². The molecule has 0 amide bonds. The van der Waals surface area contributed by atoms with Crippen molar-refractivity contribution in [2.75, 3.05) is 13.1 Å². The van der Waals surface area contributed by atoms with Crippen LogP contribution in [0, 0.1) is 6.92 Å². The molecule has 0 bridgehead atoms. The van der Waals surface area contributed by atoms with Crippen LogP contribution >= 0.6 is 0 Å². The highest BCUT2D eigenvalue weighted by atomic mass is 32.2. The fourth-order valence-electron chi connectivity index (χ4n) is 3.16. The maximum absolute atomic E-state index is 12.8. The molecule has 1 aliphatic heterocycles. The highest BCUT2D eigenvalue weighted by Crippen LogP contribution is 2.22. The lowest BCUT2D eigenvalue weighted by molar-refractivity contribution is 0.346. The van der Waals surface area contributed by atoms with Crippen LogP contribution in [0.15, 0.2) is 53.4 Å². The first-order valence-electron chi connectivity index (χ1n) is 8.70. The second kappa shape index (κ2) is 7.49. The fraction of sp³-hybridized carbons (Fsp3) is 0.400. The lowest BCUT2D eigenvalue weighted by Gasteiger charge is -2.26. The van der Waals surface area contributed by atoms with Crippen molar-refractivity contribution < 1.29 is 8.42 Å². The van der Waals surface area contributed by atoms with Crippen LogP contribution in [0.3, 0.4) is 0 Å². The lowest BCUT2D eigenvalue weighted by Crippen LogP contribution is -2.35. The lowest BCUT2D eigenvalue weighted by atomic mass is 10.0. The van der Waals surface area contributed by atoms with E-state index in [1.54, 1.807) is 10.4 Å². The normalized spacial score (nSPS) is 16.2. The van der Waals surface area contributed by atoms with Crippen molar-refractivity contribution in [2.24, 2.45) is 0 Å². The van der Waals surface area contributed by atoms with E-state index >= 15 is 0 Å². The molecule has 1 heterocycles. The molecule has 3 nitrogen and oxygen atoms in total. The second-order valence-electron chi connectivity index (χ2n) is 6.60. The van der Waals surface area contributed by atoms with Crippen molar-refractivity contribution in [2.45, 2.75) is 43.9 Å². The van der Waals surface area contributed by atoms with Gasteiger partial charge in [-0.05, 0) is 55.9 Å². The van der Waals surface area contributed by atoms with E-state index < -0.39 is 10.0 Å². The summed E-state index contributed by atoms with van der Waals surface area (Å²) in [7, 11) is -3.34. The number of hydrogen-bond acceptors (Lipinski definition) is 2. The van der Waals surface area contributed by atoms with Crippen molar-refractivity contribution in [3.8, 4) is 0 Å². The summed E-state index contributed by atoms with van der Waals surface area (Å²) in [6.45, 7) is 3.38. The van der Waals surface area contributed by atoms with Gasteiger partial charge in [0.1, 0.15) is 0 Å². The third kappa shape index (κ3) is 4.05. The van der Waals surface area contributed by atoms with Gasteiger partial charge < -0.3 is 0 Å². The Labute approximate surface area is 145 Å². The smallest absolute Gasteiger partial charge is 0.207 e. The van der Waals surface area contributed by atoms with Crippen molar-refractivity contribution in [3.05, 3.63) is 65.2 Å². The molecule has 0 atom stereocenters. The number of benzene rings is 2. The molecule has 0 radical (unpaired) electrons. The van der Waals surface area contributed by atoms with Crippen molar-refractivity contribution in [3.63, 3.8) is 0 Å². The Morgan fingerprint density at radius 3 is 2.25 bits per heavy atom. The Kier molecular flexibility index (Phi) is 5.36. The van der Waals surface area contributed by atoms with Gasteiger partial charge in [-0.1, -0.05) is 48.4 Å². The van der Waals surface area contributed by atoms with Gasteiger partial charge in [0.25, 0.3) is 0 Å². The largest absolute Gasteiger partial charge is 0.243 e. The first-order chi connectivity index (χ1) is 11.6. The average molecular weight is 343 g/mol. The van der Waals surface area contributed by atoms with E-state index in [1.165, 1.54) is 11.1 Å². The summed E-state index contributed by atoms with van der Waals surface area (Å²) in [6, 6.07) is 16.0. The Morgan fingerprint density at radius 2 is 1.54 bits per heavy atom. The van der Waals surface area contributed by atoms with Crippen molar-refractivity contribution >= 4 is 10.0 Å². The molecule has 0 aromatic heterocycles. The molecule has 2 aromatic rings. The first kappa shape index (κ1) is 17.2. The maximum atomic E-state index is 12.8. The van der Waals surface area contributed by atoms with Gasteiger partial charge in [0.2, 0.25) is 10.0 Å². The highest BCUT2D eigenvalue weighted by Gasteiger charge is 2.25. The van der Waals surface area contributed by atoms with Gasteiger partial charge >= 0.3 is 0 Å². The van der Waals surface area contributed by atoms with Crippen LogP contribution < -0.4 is 0 Å². The number of piperidine rings is 1. The molecule has 1 fully saturated rings. The molecule has 1 saturated heterocycles. The zero-order chi connectivity index (χ0) is 17.0. The number of aryl methyl sites for hydroxylation is 3. The Balaban J connectivity index is 1.72. The Hall–Kier alpha value is -1.65. The van der Waals surface area contributed by atoms with Gasteiger partial charge in [-0.3, -0.25) is 0 Å². The van der Waals surface area contributed by atoms with E-state index in [9.17, 15) is 8.42 Å². The molecule has 0 saturated carbocycles. The van der Waals surface area contributed by atoms with Crippen LogP contribution in [0.1, 0.15) is 36.0 Å². The van der Waals surface area contributed by atoms with Gasteiger partial charge in [0, 0.05) is 13.1 Å². The minimum absolute atomic E-state index is 0.436. The SMILES string of the molecule is Cc1ccc(CCc2cccc(S(=O)(=O)N3CCCCC3)c2)cc1. The summed E-state index contributed by atoms with van der Waals surface area (Å²) in [6.07, 6.45) is 4.83. The standard InChI is InChI=1S/C20H25NO2S/c1-17-8-10-18(11-9-17)12-13-19-6-5-7-20(16-19)24(22,23)21-14-3-2-4-15-21/h5-11,16H,2-4,12-15H2,1H3. The van der Waals surface area contributed by atoms with Gasteiger partial charge in [0.05, 0.1) is 4.90 Å². The zero-order valence-corrected chi connectivity index (χ0v) is 15.1. The highest BCUT2D eigenvalue weighted by molar-refractivity contribution is 7.89. The second-order valence-corrected chi connectivity index (χ2v) is 8.54. The first-order valence-corrected chi connectivity index (χ1v) is 10.1. The summed E-state index contributed by atoms with van der Waals surface area (Å²) in [5.74, 6) is 0. The van der Waals surface area contributed by atoms with E-state index in [4.69, 9.17) is 0 Å². The molecule has 0 spiro atoms. The summed E-state index contributed by atoms with van der Waals surface area (Å²) in [5, 5.41) is 0. The third-order valence-electron chi connectivity index (χ3n) is 4.67. The van der Waals surface area contributed by atoms with E-state index in [0.717, 1.165) is 37.7 Å². The summed E-state index contributed by atoms with van der Waals surface area (Å²) in [5.41, 5.74) is 3.62. The van der Waals surface area contributed by atoms with Gasteiger partial charge in [-0.15, -0.1) is 0 Å². The molecule has 0 aliphatic carbocycles. The predicted octanol–water partition coefficient (Wildman–Crippen LogP) is 3.95. The van der Waals surface area contributed by atoms with Gasteiger partial charge in [-0.25, -0.2) is 8.42 Å². The van der Waals surface area contributed by atoms with E-state index in [1.807, 2.05) is 18.2 Å². The number of hydrogen-bond donors (Lipinski definition) is 0. The number of nitrogens with zero attached hydrogens (tertiary/aromatic N) is 1. The minimum Gasteiger partial charge on any atom is -0.207 e. The molecule has 128 valence electrons. The molecule has 24 heavy (non-hydrogen) atoms. The Morgan fingerprint density at radius 1 is 0.875 bits per heavy atom. The minimum atomic E-state index is -3.34. The van der Waals surface area contributed by atoms with Gasteiger partial charge in [-0.2, -0.15) is 4.31 Å².